The van der Waals surface area contributed by atoms with Gasteiger partial charge >= 0.3 is 5.97 Å². The monoisotopic (exact) mass is 365 g/mol. The average Bonchev–Trinajstić information content (AvgIpc) is 2.97. The third kappa shape index (κ3) is 4.54. The first-order valence-corrected chi connectivity index (χ1v) is 7.90. The molecule has 2 amide bonds. The molecule has 140 valence electrons. The lowest BCUT2D eigenvalue weighted by Crippen LogP contribution is -2.51. The summed E-state index contributed by atoms with van der Waals surface area (Å²) in [5.74, 6) is -2.32. The first kappa shape index (κ1) is 19.3. The van der Waals surface area contributed by atoms with E-state index in [4.69, 9.17) is 0 Å². The highest BCUT2D eigenvalue weighted by Crippen LogP contribution is 2.19. The number of aliphatic hydroxyl groups is 1. The minimum absolute atomic E-state index is 0.0213. The summed E-state index contributed by atoms with van der Waals surface area (Å²) in [5, 5.41) is 32.0. The number of β-amino-alcohol motifs (C(OH)–C–C–N with tert-alkyl or cyclic N) is 1. The number of rotatable bonds is 6. The Hall–Kier alpha value is -3.01. The van der Waals surface area contributed by atoms with Gasteiger partial charge in [0, 0.05) is 38.4 Å². The molecule has 1 fully saturated rings. The Morgan fingerprint density at radius 1 is 1.35 bits per heavy atom. The standard InChI is InChI=1S/C16H19N3O7/c1-9(20)18-8-12(21)7-14(18)15(22)17-13(16(23)24)6-10-2-4-11(5-3-10)19(25)26/h2-5,12-14,21H,6-8H2,1H3,(H,17,22)(H,23,24)/t12-,13+,14+/m1/s1. The molecule has 1 aromatic carbocycles. The van der Waals surface area contributed by atoms with Crippen molar-refractivity contribution in [3.8, 4) is 0 Å². The quantitative estimate of drug-likeness (QED) is 0.462. The second-order valence-corrected chi connectivity index (χ2v) is 6.10. The molecule has 0 unspecified atom stereocenters. The number of aliphatic hydroxyl groups excluding tert-OH is 1. The van der Waals surface area contributed by atoms with E-state index in [2.05, 4.69) is 5.32 Å². The highest BCUT2D eigenvalue weighted by Gasteiger charge is 2.38. The van der Waals surface area contributed by atoms with Crippen LogP contribution >= 0.6 is 0 Å². The number of hydrogen-bond acceptors (Lipinski definition) is 6. The fraction of sp³-hybridized carbons (Fsp3) is 0.438. The molecule has 1 aliphatic rings. The first-order valence-electron chi connectivity index (χ1n) is 7.90. The van der Waals surface area contributed by atoms with Crippen molar-refractivity contribution >= 4 is 23.5 Å². The van der Waals surface area contributed by atoms with E-state index in [0.29, 0.717) is 5.56 Å². The summed E-state index contributed by atoms with van der Waals surface area (Å²) < 4.78 is 0. The summed E-state index contributed by atoms with van der Waals surface area (Å²) in [7, 11) is 0. The number of likely N-dealkylation sites (tertiary alicyclic amines) is 1. The minimum Gasteiger partial charge on any atom is -0.480 e. The Kier molecular flexibility index (Phi) is 5.88. The Morgan fingerprint density at radius 3 is 2.46 bits per heavy atom. The molecule has 2 rings (SSSR count). The normalized spacial score (nSPS) is 20.5. The average molecular weight is 365 g/mol. The molecule has 1 aromatic rings. The molecule has 3 N–H and O–H groups in total. The Balaban J connectivity index is 2.07. The van der Waals surface area contributed by atoms with Crippen LogP contribution in [0.25, 0.3) is 0 Å². The maximum atomic E-state index is 12.4. The van der Waals surface area contributed by atoms with Crippen LogP contribution < -0.4 is 5.32 Å². The fourth-order valence-corrected chi connectivity index (χ4v) is 2.87. The number of amides is 2. The van der Waals surface area contributed by atoms with Crippen LogP contribution in [0, 0.1) is 10.1 Å². The number of hydrogen-bond donors (Lipinski definition) is 3. The van der Waals surface area contributed by atoms with Crippen molar-refractivity contribution in [2.45, 2.75) is 38.0 Å². The van der Waals surface area contributed by atoms with Crippen LogP contribution in [0.4, 0.5) is 5.69 Å². The second kappa shape index (κ2) is 7.91. The van der Waals surface area contributed by atoms with Gasteiger partial charge in [0.15, 0.2) is 0 Å². The minimum atomic E-state index is -1.27. The van der Waals surface area contributed by atoms with E-state index in [-0.39, 0.29) is 31.0 Å². The highest BCUT2D eigenvalue weighted by molar-refractivity contribution is 5.90. The number of carbonyl (C=O) groups excluding carboxylic acids is 2. The van der Waals surface area contributed by atoms with Gasteiger partial charge in [0.1, 0.15) is 12.1 Å². The summed E-state index contributed by atoms with van der Waals surface area (Å²) in [6, 6.07) is 3.14. The molecular weight excluding hydrogens is 346 g/mol. The molecule has 0 saturated carbocycles. The number of carbonyl (C=O) groups is 3. The predicted octanol–water partition coefficient (Wildman–Crippen LogP) is -0.312. The maximum absolute atomic E-state index is 12.4. The number of nitro benzene ring substituents is 1. The lowest BCUT2D eigenvalue weighted by atomic mass is 10.0. The molecule has 0 radical (unpaired) electrons. The van der Waals surface area contributed by atoms with Crippen LogP contribution in [0.15, 0.2) is 24.3 Å². The zero-order valence-corrected chi connectivity index (χ0v) is 14.0. The van der Waals surface area contributed by atoms with Gasteiger partial charge in [0.2, 0.25) is 11.8 Å². The molecule has 3 atom stereocenters. The van der Waals surface area contributed by atoms with E-state index >= 15 is 0 Å². The largest absolute Gasteiger partial charge is 0.480 e. The van der Waals surface area contributed by atoms with Crippen LogP contribution in [0.2, 0.25) is 0 Å². The van der Waals surface area contributed by atoms with Crippen LogP contribution in [-0.2, 0) is 20.8 Å². The molecule has 26 heavy (non-hydrogen) atoms. The number of nitrogens with one attached hydrogen (secondary N) is 1. The first-order chi connectivity index (χ1) is 12.2. The lowest BCUT2D eigenvalue weighted by molar-refractivity contribution is -0.384. The summed E-state index contributed by atoms with van der Waals surface area (Å²) in [6.45, 7) is 1.29. The Bertz CT molecular complexity index is 719. The van der Waals surface area contributed by atoms with Crippen molar-refractivity contribution < 1.29 is 29.5 Å². The van der Waals surface area contributed by atoms with Gasteiger partial charge in [-0.2, -0.15) is 0 Å². The molecule has 10 nitrogen and oxygen atoms in total. The van der Waals surface area contributed by atoms with Crippen molar-refractivity contribution in [1.82, 2.24) is 10.2 Å². The van der Waals surface area contributed by atoms with Crippen molar-refractivity contribution in [2.75, 3.05) is 6.54 Å². The summed E-state index contributed by atoms with van der Waals surface area (Å²) in [5.41, 5.74) is 0.375. The third-order valence-electron chi connectivity index (χ3n) is 4.19. The van der Waals surface area contributed by atoms with Gasteiger partial charge in [0.05, 0.1) is 11.0 Å². The van der Waals surface area contributed by atoms with Crippen LogP contribution in [0.3, 0.4) is 0 Å². The van der Waals surface area contributed by atoms with Crippen molar-refractivity contribution in [1.29, 1.82) is 0 Å². The third-order valence-corrected chi connectivity index (χ3v) is 4.19. The van der Waals surface area contributed by atoms with Crippen LogP contribution in [-0.4, -0.2) is 62.6 Å². The van der Waals surface area contributed by atoms with Gasteiger partial charge in [-0.1, -0.05) is 12.1 Å². The summed E-state index contributed by atoms with van der Waals surface area (Å²) in [6.07, 6.45) is -0.878. The Labute approximate surface area is 148 Å². The summed E-state index contributed by atoms with van der Waals surface area (Å²) >= 11 is 0. The summed E-state index contributed by atoms with van der Waals surface area (Å²) in [4.78, 5) is 46.7. The maximum Gasteiger partial charge on any atom is 0.326 e. The fourth-order valence-electron chi connectivity index (χ4n) is 2.87. The molecule has 1 saturated heterocycles. The SMILES string of the molecule is CC(=O)N1C[C@H](O)C[C@H]1C(=O)N[C@@H](Cc1ccc([N+](=O)[O-])cc1)C(=O)O. The zero-order valence-electron chi connectivity index (χ0n) is 14.0. The van der Waals surface area contributed by atoms with Gasteiger partial charge in [-0.3, -0.25) is 19.7 Å². The second-order valence-electron chi connectivity index (χ2n) is 6.10. The number of carboxylic acid groups (broad SMARTS) is 1. The highest BCUT2D eigenvalue weighted by atomic mass is 16.6. The number of benzene rings is 1. The van der Waals surface area contributed by atoms with E-state index in [9.17, 15) is 34.7 Å². The van der Waals surface area contributed by atoms with Gasteiger partial charge in [-0.05, 0) is 5.56 Å². The van der Waals surface area contributed by atoms with Gasteiger partial charge in [-0.15, -0.1) is 0 Å². The smallest absolute Gasteiger partial charge is 0.326 e. The van der Waals surface area contributed by atoms with E-state index in [0.717, 1.165) is 0 Å². The number of aliphatic carboxylic acids is 1. The topological polar surface area (TPSA) is 150 Å². The van der Waals surface area contributed by atoms with Crippen LogP contribution in [0.1, 0.15) is 18.9 Å². The van der Waals surface area contributed by atoms with Gasteiger partial charge in [0.25, 0.3) is 5.69 Å². The van der Waals surface area contributed by atoms with E-state index in [1.807, 2.05) is 0 Å². The molecular formula is C16H19N3O7. The van der Waals surface area contributed by atoms with Crippen molar-refractivity contribution in [2.24, 2.45) is 0 Å². The predicted molar refractivity (Wildman–Crippen MR) is 88.2 cm³/mol. The number of nitrogens with zero attached hydrogens (tertiary/aromatic N) is 2. The molecule has 0 bridgehead atoms. The van der Waals surface area contributed by atoms with E-state index in [1.165, 1.54) is 36.1 Å². The molecule has 10 heteroatoms. The van der Waals surface area contributed by atoms with Crippen LogP contribution in [0.5, 0.6) is 0 Å². The van der Waals surface area contributed by atoms with Gasteiger partial charge < -0.3 is 20.4 Å². The number of non-ortho nitro benzene ring substituents is 1. The van der Waals surface area contributed by atoms with E-state index in [1.54, 1.807) is 0 Å². The molecule has 1 aliphatic heterocycles. The number of nitro groups is 1. The molecule has 0 aliphatic carbocycles. The lowest BCUT2D eigenvalue weighted by Gasteiger charge is -2.24. The van der Waals surface area contributed by atoms with Crippen molar-refractivity contribution in [3.05, 3.63) is 39.9 Å². The molecule has 1 heterocycles. The molecule has 0 spiro atoms. The number of carboxylic acids is 1. The van der Waals surface area contributed by atoms with Crippen molar-refractivity contribution in [3.63, 3.8) is 0 Å². The Morgan fingerprint density at radius 2 is 1.96 bits per heavy atom. The molecule has 0 aromatic heterocycles. The van der Waals surface area contributed by atoms with Gasteiger partial charge in [-0.25, -0.2) is 4.79 Å². The zero-order chi connectivity index (χ0) is 19.4. The van der Waals surface area contributed by atoms with E-state index < -0.39 is 35.0 Å².